The molecule has 4 heteroatoms. The Morgan fingerprint density at radius 2 is 1.68 bits per heavy atom. The topological polar surface area (TPSA) is 52.6 Å². The van der Waals surface area contributed by atoms with Crippen LogP contribution in [0.5, 0.6) is 0 Å². The van der Waals surface area contributed by atoms with Crippen molar-refractivity contribution in [2.45, 2.75) is 64.9 Å². The van der Waals surface area contributed by atoms with Crippen molar-refractivity contribution in [3.05, 3.63) is 0 Å². The zero-order chi connectivity index (χ0) is 14.5. The molecule has 0 aromatic heterocycles. The zero-order valence-electron chi connectivity index (χ0n) is 12.5. The van der Waals surface area contributed by atoms with E-state index in [0.29, 0.717) is 12.3 Å². The highest BCUT2D eigenvalue weighted by atomic mass is 16.6. The fourth-order valence-corrected chi connectivity index (χ4v) is 2.57. The van der Waals surface area contributed by atoms with Gasteiger partial charge < -0.3 is 9.47 Å². The van der Waals surface area contributed by atoms with Crippen LogP contribution in [0.3, 0.4) is 0 Å². The molecule has 0 saturated heterocycles. The highest BCUT2D eigenvalue weighted by Gasteiger charge is 2.27. The summed E-state index contributed by atoms with van der Waals surface area (Å²) in [5.41, 5.74) is -0.403. The van der Waals surface area contributed by atoms with E-state index in [-0.39, 0.29) is 17.9 Å². The summed E-state index contributed by atoms with van der Waals surface area (Å²) < 4.78 is 10.1. The number of carbonyl (C=O) groups is 2. The molecular formula is C15H26O4. The molecule has 0 aliphatic heterocycles. The molecule has 0 bridgehead atoms. The van der Waals surface area contributed by atoms with E-state index >= 15 is 0 Å². The third-order valence-corrected chi connectivity index (χ3v) is 3.56. The number of ether oxygens (including phenoxy) is 2. The molecule has 0 heterocycles. The molecule has 1 saturated carbocycles. The molecule has 4 nitrogen and oxygen atoms in total. The lowest BCUT2D eigenvalue weighted by atomic mass is 9.80. The average Bonchev–Trinajstić information content (AvgIpc) is 2.34. The van der Waals surface area contributed by atoms with Crippen LogP contribution in [-0.4, -0.2) is 24.6 Å². The first-order valence-corrected chi connectivity index (χ1v) is 7.11. The molecule has 1 aliphatic carbocycles. The quantitative estimate of drug-likeness (QED) is 0.737. The standard InChI is InChI=1S/C15H26O4/c1-15(2,3)19-13(16)10-7-11-5-8-12(9-6-11)14(17)18-4/h11-12H,5-10H2,1-4H3. The van der Waals surface area contributed by atoms with Crippen LogP contribution in [-0.2, 0) is 19.1 Å². The van der Waals surface area contributed by atoms with Crippen LogP contribution in [0, 0.1) is 11.8 Å². The van der Waals surface area contributed by atoms with E-state index in [1.54, 1.807) is 0 Å². The maximum Gasteiger partial charge on any atom is 0.308 e. The van der Waals surface area contributed by atoms with Gasteiger partial charge in [0.25, 0.3) is 0 Å². The SMILES string of the molecule is COC(=O)C1CCC(CCC(=O)OC(C)(C)C)CC1. The van der Waals surface area contributed by atoms with Crippen LogP contribution in [0.25, 0.3) is 0 Å². The minimum atomic E-state index is -0.403. The van der Waals surface area contributed by atoms with E-state index in [4.69, 9.17) is 9.47 Å². The number of methoxy groups -OCH3 is 1. The molecule has 0 radical (unpaired) electrons. The van der Waals surface area contributed by atoms with Gasteiger partial charge in [0, 0.05) is 6.42 Å². The zero-order valence-corrected chi connectivity index (χ0v) is 12.5. The number of hydrogen-bond acceptors (Lipinski definition) is 4. The van der Waals surface area contributed by atoms with Gasteiger partial charge in [0.15, 0.2) is 0 Å². The number of hydrogen-bond donors (Lipinski definition) is 0. The normalized spacial score (nSPS) is 23.8. The summed E-state index contributed by atoms with van der Waals surface area (Å²) in [5.74, 6) is 0.379. The Kier molecular flexibility index (Phi) is 5.83. The molecule has 110 valence electrons. The van der Waals surface area contributed by atoms with Gasteiger partial charge in [-0.05, 0) is 58.8 Å². The van der Waals surface area contributed by atoms with Crippen LogP contribution < -0.4 is 0 Å². The molecular weight excluding hydrogens is 244 g/mol. The maximum atomic E-state index is 11.6. The second kappa shape index (κ2) is 6.92. The maximum absolute atomic E-state index is 11.6. The Bertz CT molecular complexity index is 309. The van der Waals surface area contributed by atoms with Crippen LogP contribution >= 0.6 is 0 Å². The first-order chi connectivity index (χ1) is 8.81. The fraction of sp³-hybridized carbons (Fsp3) is 0.867. The Hall–Kier alpha value is -1.06. The largest absolute Gasteiger partial charge is 0.469 e. The number of esters is 2. The van der Waals surface area contributed by atoms with E-state index in [1.165, 1.54) is 7.11 Å². The van der Waals surface area contributed by atoms with Gasteiger partial charge >= 0.3 is 11.9 Å². The molecule has 1 fully saturated rings. The predicted molar refractivity (Wildman–Crippen MR) is 72.5 cm³/mol. The van der Waals surface area contributed by atoms with E-state index in [1.807, 2.05) is 20.8 Å². The lowest BCUT2D eigenvalue weighted by Crippen LogP contribution is -2.25. The van der Waals surface area contributed by atoms with Gasteiger partial charge in [-0.25, -0.2) is 0 Å². The molecule has 0 spiro atoms. The van der Waals surface area contributed by atoms with Crippen molar-refractivity contribution in [2.24, 2.45) is 11.8 Å². The number of rotatable bonds is 4. The van der Waals surface area contributed by atoms with Gasteiger partial charge in [0.1, 0.15) is 5.60 Å². The minimum absolute atomic E-state index is 0.0581. The van der Waals surface area contributed by atoms with Crippen molar-refractivity contribution in [1.29, 1.82) is 0 Å². The highest BCUT2D eigenvalue weighted by Crippen LogP contribution is 2.32. The average molecular weight is 270 g/mol. The molecule has 0 unspecified atom stereocenters. The van der Waals surface area contributed by atoms with Crippen molar-refractivity contribution in [1.82, 2.24) is 0 Å². The summed E-state index contributed by atoms with van der Waals surface area (Å²) in [4.78, 5) is 23.0. The molecule has 1 rings (SSSR count). The summed E-state index contributed by atoms with van der Waals surface area (Å²) in [6.07, 6.45) is 5.11. The Balaban J connectivity index is 2.23. The van der Waals surface area contributed by atoms with Crippen LogP contribution in [0.15, 0.2) is 0 Å². The monoisotopic (exact) mass is 270 g/mol. The van der Waals surface area contributed by atoms with Gasteiger partial charge in [-0.1, -0.05) is 0 Å². The summed E-state index contributed by atoms with van der Waals surface area (Å²) >= 11 is 0. The molecule has 1 aliphatic rings. The van der Waals surface area contributed by atoms with Gasteiger partial charge in [0.2, 0.25) is 0 Å². The fourth-order valence-electron chi connectivity index (χ4n) is 2.57. The van der Waals surface area contributed by atoms with Crippen molar-refractivity contribution in [3.8, 4) is 0 Å². The van der Waals surface area contributed by atoms with Gasteiger partial charge in [-0.2, -0.15) is 0 Å². The highest BCUT2D eigenvalue weighted by molar-refractivity contribution is 5.72. The molecule has 0 amide bonds. The van der Waals surface area contributed by atoms with Crippen LogP contribution in [0.4, 0.5) is 0 Å². The van der Waals surface area contributed by atoms with Gasteiger partial charge in [-0.15, -0.1) is 0 Å². The third-order valence-electron chi connectivity index (χ3n) is 3.56. The predicted octanol–water partition coefficient (Wildman–Crippen LogP) is 3.09. The smallest absolute Gasteiger partial charge is 0.308 e. The molecule has 19 heavy (non-hydrogen) atoms. The third kappa shape index (κ3) is 6.08. The van der Waals surface area contributed by atoms with Crippen LogP contribution in [0.1, 0.15) is 59.3 Å². The first kappa shape index (κ1) is 16.0. The van der Waals surface area contributed by atoms with E-state index in [0.717, 1.165) is 32.1 Å². The first-order valence-electron chi connectivity index (χ1n) is 7.11. The summed E-state index contributed by atoms with van der Waals surface area (Å²) in [6.45, 7) is 5.64. The van der Waals surface area contributed by atoms with Crippen molar-refractivity contribution >= 4 is 11.9 Å². The molecule has 0 N–H and O–H groups in total. The van der Waals surface area contributed by atoms with Crippen molar-refractivity contribution in [2.75, 3.05) is 7.11 Å². The second-order valence-electron chi connectivity index (χ2n) is 6.37. The van der Waals surface area contributed by atoms with E-state index < -0.39 is 5.60 Å². The van der Waals surface area contributed by atoms with Crippen molar-refractivity contribution < 1.29 is 19.1 Å². The summed E-state index contributed by atoms with van der Waals surface area (Å²) in [5, 5.41) is 0. The van der Waals surface area contributed by atoms with E-state index in [9.17, 15) is 9.59 Å². The van der Waals surface area contributed by atoms with Gasteiger partial charge in [-0.3, -0.25) is 9.59 Å². The summed E-state index contributed by atoms with van der Waals surface area (Å²) in [7, 11) is 1.44. The Labute approximate surface area is 115 Å². The lowest BCUT2D eigenvalue weighted by molar-refractivity contribution is -0.155. The Morgan fingerprint density at radius 3 is 2.16 bits per heavy atom. The van der Waals surface area contributed by atoms with E-state index in [2.05, 4.69) is 0 Å². The van der Waals surface area contributed by atoms with Crippen LogP contribution in [0.2, 0.25) is 0 Å². The molecule has 0 atom stereocenters. The molecule has 0 aromatic rings. The second-order valence-corrected chi connectivity index (χ2v) is 6.37. The minimum Gasteiger partial charge on any atom is -0.469 e. The lowest BCUT2D eigenvalue weighted by Gasteiger charge is -2.27. The van der Waals surface area contributed by atoms with Crippen molar-refractivity contribution in [3.63, 3.8) is 0 Å². The number of carbonyl (C=O) groups excluding carboxylic acids is 2. The van der Waals surface area contributed by atoms with Gasteiger partial charge in [0.05, 0.1) is 13.0 Å². The summed E-state index contributed by atoms with van der Waals surface area (Å²) in [6, 6.07) is 0. The Morgan fingerprint density at radius 1 is 1.11 bits per heavy atom. The molecule has 0 aromatic carbocycles.